The SMILES string of the molecule is CN(CCCc1cc(-c2ccccc2)no1)C(=O)CCc1ccccc1N.Cl. The van der Waals surface area contributed by atoms with Gasteiger partial charge in [0.2, 0.25) is 5.91 Å². The minimum absolute atomic E-state index is 0. The van der Waals surface area contributed by atoms with Crippen molar-refractivity contribution in [1.82, 2.24) is 10.1 Å². The number of nitrogen functional groups attached to an aromatic ring is 1. The Hall–Kier alpha value is -2.79. The van der Waals surface area contributed by atoms with Crippen LogP contribution in [0.2, 0.25) is 0 Å². The van der Waals surface area contributed by atoms with Gasteiger partial charge in [-0.25, -0.2) is 0 Å². The first kappa shape index (κ1) is 21.5. The largest absolute Gasteiger partial charge is 0.399 e. The van der Waals surface area contributed by atoms with Crippen LogP contribution >= 0.6 is 12.4 Å². The van der Waals surface area contributed by atoms with Crippen molar-refractivity contribution in [2.75, 3.05) is 19.3 Å². The molecule has 0 aliphatic carbocycles. The van der Waals surface area contributed by atoms with Gasteiger partial charge in [-0.3, -0.25) is 4.79 Å². The van der Waals surface area contributed by atoms with Crippen molar-refractivity contribution < 1.29 is 9.32 Å². The Labute approximate surface area is 171 Å². The number of aromatic nitrogens is 1. The first-order chi connectivity index (χ1) is 13.1. The predicted octanol–water partition coefficient (Wildman–Crippen LogP) is 4.37. The Balaban J connectivity index is 0.00000280. The Bertz CT molecular complexity index is 880. The Morgan fingerprint density at radius 2 is 1.79 bits per heavy atom. The van der Waals surface area contributed by atoms with Crippen molar-refractivity contribution in [2.24, 2.45) is 0 Å². The van der Waals surface area contributed by atoms with E-state index in [9.17, 15) is 4.79 Å². The van der Waals surface area contributed by atoms with E-state index in [2.05, 4.69) is 5.16 Å². The summed E-state index contributed by atoms with van der Waals surface area (Å²) in [6.07, 6.45) is 2.71. The summed E-state index contributed by atoms with van der Waals surface area (Å²) in [7, 11) is 1.84. The van der Waals surface area contributed by atoms with E-state index in [1.54, 1.807) is 4.90 Å². The Morgan fingerprint density at radius 1 is 1.07 bits per heavy atom. The van der Waals surface area contributed by atoms with Crippen LogP contribution in [0, 0.1) is 0 Å². The number of rotatable bonds is 8. The molecule has 0 fully saturated rings. The van der Waals surface area contributed by atoms with Crippen LogP contribution < -0.4 is 5.73 Å². The highest BCUT2D eigenvalue weighted by atomic mass is 35.5. The summed E-state index contributed by atoms with van der Waals surface area (Å²) < 4.78 is 5.41. The molecule has 0 unspecified atom stereocenters. The van der Waals surface area contributed by atoms with Crippen LogP contribution in [-0.4, -0.2) is 29.6 Å². The third-order valence-corrected chi connectivity index (χ3v) is 4.63. The van der Waals surface area contributed by atoms with E-state index in [1.165, 1.54) is 0 Å². The third-order valence-electron chi connectivity index (χ3n) is 4.63. The number of nitrogens with two attached hydrogens (primary N) is 1. The molecule has 28 heavy (non-hydrogen) atoms. The summed E-state index contributed by atoms with van der Waals surface area (Å²) >= 11 is 0. The summed E-state index contributed by atoms with van der Waals surface area (Å²) in [6.45, 7) is 0.685. The van der Waals surface area contributed by atoms with E-state index in [0.717, 1.165) is 41.1 Å². The second kappa shape index (κ2) is 10.5. The molecule has 2 aromatic carbocycles. The number of aryl methyl sites for hydroxylation is 2. The molecule has 0 radical (unpaired) electrons. The van der Waals surface area contributed by atoms with Gasteiger partial charge in [-0.1, -0.05) is 53.7 Å². The zero-order valence-corrected chi connectivity index (χ0v) is 16.8. The maximum Gasteiger partial charge on any atom is 0.222 e. The van der Waals surface area contributed by atoms with Gasteiger partial charge in [0.05, 0.1) is 0 Å². The third kappa shape index (κ3) is 5.86. The first-order valence-corrected chi connectivity index (χ1v) is 9.22. The summed E-state index contributed by atoms with van der Waals surface area (Å²) in [5.41, 5.74) is 9.58. The number of carbonyl (C=O) groups excluding carboxylic acids is 1. The van der Waals surface area contributed by atoms with Crippen molar-refractivity contribution in [3.05, 3.63) is 72.0 Å². The van der Waals surface area contributed by atoms with Crippen LogP contribution in [0.1, 0.15) is 24.2 Å². The highest BCUT2D eigenvalue weighted by molar-refractivity contribution is 5.85. The fourth-order valence-electron chi connectivity index (χ4n) is 2.99. The lowest BCUT2D eigenvalue weighted by molar-refractivity contribution is -0.129. The number of carbonyl (C=O) groups is 1. The minimum Gasteiger partial charge on any atom is -0.399 e. The van der Waals surface area contributed by atoms with E-state index in [4.69, 9.17) is 10.3 Å². The topological polar surface area (TPSA) is 72.4 Å². The molecule has 1 aromatic heterocycles. The van der Waals surface area contributed by atoms with Crippen LogP contribution in [0.15, 0.2) is 65.2 Å². The van der Waals surface area contributed by atoms with Crippen LogP contribution in [0.5, 0.6) is 0 Å². The molecule has 0 saturated heterocycles. The fraction of sp³-hybridized carbons (Fsp3) is 0.273. The average Bonchev–Trinajstić information content (AvgIpc) is 3.16. The maximum atomic E-state index is 12.3. The number of anilines is 1. The van der Waals surface area contributed by atoms with E-state index < -0.39 is 0 Å². The lowest BCUT2D eigenvalue weighted by Crippen LogP contribution is -2.28. The molecule has 3 aromatic rings. The number of para-hydroxylation sites is 1. The van der Waals surface area contributed by atoms with Gasteiger partial charge < -0.3 is 15.2 Å². The number of amides is 1. The molecule has 0 bridgehead atoms. The maximum absolute atomic E-state index is 12.3. The lowest BCUT2D eigenvalue weighted by atomic mass is 10.1. The summed E-state index contributed by atoms with van der Waals surface area (Å²) in [6, 6.07) is 19.6. The Kier molecular flexibility index (Phi) is 8.08. The van der Waals surface area contributed by atoms with Gasteiger partial charge in [0.15, 0.2) is 0 Å². The van der Waals surface area contributed by atoms with E-state index in [0.29, 0.717) is 19.4 Å². The molecule has 1 amide bonds. The number of hydrogen-bond acceptors (Lipinski definition) is 4. The van der Waals surface area contributed by atoms with Crippen molar-refractivity contribution in [2.45, 2.75) is 25.7 Å². The smallest absolute Gasteiger partial charge is 0.222 e. The quantitative estimate of drug-likeness (QED) is 0.571. The second-order valence-electron chi connectivity index (χ2n) is 6.66. The normalized spacial score (nSPS) is 10.3. The summed E-state index contributed by atoms with van der Waals surface area (Å²) in [5.74, 6) is 0.965. The summed E-state index contributed by atoms with van der Waals surface area (Å²) in [5, 5.41) is 4.12. The van der Waals surface area contributed by atoms with Gasteiger partial charge in [0, 0.05) is 43.8 Å². The highest BCUT2D eigenvalue weighted by Crippen LogP contribution is 2.19. The van der Waals surface area contributed by atoms with Gasteiger partial charge >= 0.3 is 0 Å². The fourth-order valence-corrected chi connectivity index (χ4v) is 2.99. The van der Waals surface area contributed by atoms with Crippen molar-refractivity contribution in [1.29, 1.82) is 0 Å². The van der Waals surface area contributed by atoms with Crippen molar-refractivity contribution in [3.8, 4) is 11.3 Å². The minimum atomic E-state index is 0. The van der Waals surface area contributed by atoms with Gasteiger partial charge in [-0.2, -0.15) is 0 Å². The molecule has 1 heterocycles. The highest BCUT2D eigenvalue weighted by Gasteiger charge is 2.11. The van der Waals surface area contributed by atoms with Crippen molar-refractivity contribution in [3.63, 3.8) is 0 Å². The Morgan fingerprint density at radius 3 is 2.54 bits per heavy atom. The van der Waals surface area contributed by atoms with Crippen LogP contribution in [0.3, 0.4) is 0 Å². The van der Waals surface area contributed by atoms with E-state index in [1.807, 2.05) is 67.7 Å². The van der Waals surface area contributed by atoms with Gasteiger partial charge in [-0.05, 0) is 24.5 Å². The number of halogens is 1. The molecule has 2 N–H and O–H groups in total. The van der Waals surface area contributed by atoms with Crippen LogP contribution in [0.25, 0.3) is 11.3 Å². The molecule has 148 valence electrons. The number of nitrogens with zero attached hydrogens (tertiary/aromatic N) is 2. The molecule has 0 saturated carbocycles. The van der Waals surface area contributed by atoms with Crippen molar-refractivity contribution >= 4 is 24.0 Å². The summed E-state index contributed by atoms with van der Waals surface area (Å²) in [4.78, 5) is 14.1. The molecule has 0 aliphatic heterocycles. The molecular formula is C22H26ClN3O2. The monoisotopic (exact) mass is 399 g/mol. The van der Waals surface area contributed by atoms with E-state index in [-0.39, 0.29) is 18.3 Å². The standard InChI is InChI=1S/C22H25N3O2.ClH/c1-25(22(26)14-13-17-8-5-6-12-20(17)23)15-7-11-19-16-21(24-27-19)18-9-3-2-4-10-18;/h2-6,8-10,12,16H,7,11,13-15,23H2,1H3;1H. The number of benzene rings is 2. The van der Waals surface area contributed by atoms with Crippen LogP contribution in [-0.2, 0) is 17.6 Å². The molecular weight excluding hydrogens is 374 g/mol. The molecule has 0 aliphatic rings. The van der Waals surface area contributed by atoms with Gasteiger partial charge in [0.1, 0.15) is 11.5 Å². The second-order valence-corrected chi connectivity index (χ2v) is 6.66. The molecule has 0 atom stereocenters. The average molecular weight is 400 g/mol. The number of hydrogen-bond donors (Lipinski definition) is 1. The molecule has 6 heteroatoms. The first-order valence-electron chi connectivity index (χ1n) is 9.22. The van der Waals surface area contributed by atoms with E-state index >= 15 is 0 Å². The zero-order valence-electron chi connectivity index (χ0n) is 16.0. The predicted molar refractivity (Wildman–Crippen MR) is 114 cm³/mol. The van der Waals surface area contributed by atoms with Gasteiger partial charge in [0.25, 0.3) is 0 Å². The lowest BCUT2D eigenvalue weighted by Gasteiger charge is -2.17. The van der Waals surface area contributed by atoms with Gasteiger partial charge in [-0.15, -0.1) is 12.4 Å². The molecule has 0 spiro atoms. The molecule has 3 rings (SSSR count). The zero-order chi connectivity index (χ0) is 19.1. The molecule has 5 nitrogen and oxygen atoms in total. The van der Waals surface area contributed by atoms with Crippen LogP contribution in [0.4, 0.5) is 5.69 Å².